The first kappa shape index (κ1) is 14.8. The van der Waals surface area contributed by atoms with Crippen molar-refractivity contribution in [2.45, 2.75) is 6.92 Å². The van der Waals surface area contributed by atoms with Crippen molar-refractivity contribution in [1.29, 1.82) is 0 Å². The molecule has 1 aromatic carbocycles. The summed E-state index contributed by atoms with van der Waals surface area (Å²) in [5.74, 6) is 1.77. The molecule has 0 spiro atoms. The second-order valence-corrected chi connectivity index (χ2v) is 4.42. The van der Waals surface area contributed by atoms with Crippen LogP contribution in [0.2, 0.25) is 0 Å². The second-order valence-electron chi connectivity index (χ2n) is 4.42. The van der Waals surface area contributed by atoms with Gasteiger partial charge in [0.1, 0.15) is 5.75 Å². The first-order chi connectivity index (χ1) is 10.1. The lowest BCUT2D eigenvalue weighted by molar-refractivity contribution is 0.340. The molecule has 2 rings (SSSR count). The maximum absolute atomic E-state index is 5.40. The SMILES string of the molecule is CCOc1ccc(Nc2nc(OC)nc(N(C)C)n2)cc1. The summed E-state index contributed by atoms with van der Waals surface area (Å²) in [6, 6.07) is 7.84. The molecule has 1 N–H and O–H groups in total. The maximum Gasteiger partial charge on any atom is 0.322 e. The molecule has 0 unspecified atom stereocenters. The highest BCUT2D eigenvalue weighted by atomic mass is 16.5. The average molecular weight is 289 g/mol. The minimum atomic E-state index is 0.266. The Morgan fingerprint density at radius 1 is 1.10 bits per heavy atom. The Labute approximate surface area is 124 Å². The minimum Gasteiger partial charge on any atom is -0.494 e. The third kappa shape index (κ3) is 3.95. The molecule has 2 aromatic rings. The third-order valence-corrected chi connectivity index (χ3v) is 2.61. The fraction of sp³-hybridized carbons (Fsp3) is 0.357. The highest BCUT2D eigenvalue weighted by Gasteiger charge is 2.08. The molecule has 0 atom stereocenters. The topological polar surface area (TPSA) is 72.4 Å². The predicted octanol–water partition coefficient (Wildman–Crippen LogP) is 2.09. The lowest BCUT2D eigenvalue weighted by atomic mass is 10.3. The number of hydrogen-bond acceptors (Lipinski definition) is 7. The van der Waals surface area contributed by atoms with Crippen molar-refractivity contribution < 1.29 is 9.47 Å². The van der Waals surface area contributed by atoms with Gasteiger partial charge in [-0.3, -0.25) is 0 Å². The van der Waals surface area contributed by atoms with Gasteiger partial charge in [-0.05, 0) is 31.2 Å². The predicted molar refractivity (Wildman–Crippen MR) is 81.6 cm³/mol. The summed E-state index contributed by atoms with van der Waals surface area (Å²) in [6.07, 6.45) is 0. The second kappa shape index (κ2) is 6.74. The molecular weight excluding hydrogens is 270 g/mol. The van der Waals surface area contributed by atoms with Crippen LogP contribution < -0.4 is 19.7 Å². The molecule has 0 amide bonds. The van der Waals surface area contributed by atoms with E-state index in [0.29, 0.717) is 18.5 Å². The molecule has 1 heterocycles. The molecular formula is C14H19N5O2. The van der Waals surface area contributed by atoms with Gasteiger partial charge < -0.3 is 19.7 Å². The zero-order valence-electron chi connectivity index (χ0n) is 12.6. The first-order valence-electron chi connectivity index (χ1n) is 6.59. The van der Waals surface area contributed by atoms with Crippen LogP contribution in [-0.4, -0.2) is 42.8 Å². The summed E-state index contributed by atoms with van der Waals surface area (Å²) < 4.78 is 10.5. The molecule has 112 valence electrons. The van der Waals surface area contributed by atoms with Crippen LogP contribution in [0.3, 0.4) is 0 Å². The molecule has 21 heavy (non-hydrogen) atoms. The average Bonchev–Trinajstić information content (AvgIpc) is 2.49. The summed E-state index contributed by atoms with van der Waals surface area (Å²) in [7, 11) is 5.24. The van der Waals surface area contributed by atoms with Gasteiger partial charge in [-0.2, -0.15) is 15.0 Å². The van der Waals surface area contributed by atoms with Crippen molar-refractivity contribution in [2.24, 2.45) is 0 Å². The largest absolute Gasteiger partial charge is 0.494 e. The molecule has 0 aliphatic heterocycles. The quantitative estimate of drug-likeness (QED) is 0.872. The summed E-state index contributed by atoms with van der Waals surface area (Å²) in [4.78, 5) is 14.4. The Morgan fingerprint density at radius 3 is 2.38 bits per heavy atom. The molecule has 0 fully saturated rings. The van der Waals surface area contributed by atoms with Gasteiger partial charge in [-0.25, -0.2) is 0 Å². The molecule has 0 bridgehead atoms. The third-order valence-electron chi connectivity index (χ3n) is 2.61. The fourth-order valence-electron chi connectivity index (χ4n) is 1.62. The van der Waals surface area contributed by atoms with Crippen molar-refractivity contribution in [3.8, 4) is 11.8 Å². The van der Waals surface area contributed by atoms with E-state index in [4.69, 9.17) is 9.47 Å². The van der Waals surface area contributed by atoms with Crippen molar-refractivity contribution in [3.63, 3.8) is 0 Å². The van der Waals surface area contributed by atoms with Crippen molar-refractivity contribution in [3.05, 3.63) is 24.3 Å². The van der Waals surface area contributed by atoms with Crippen LogP contribution in [0.5, 0.6) is 11.8 Å². The van der Waals surface area contributed by atoms with Gasteiger partial charge in [0.05, 0.1) is 13.7 Å². The smallest absolute Gasteiger partial charge is 0.322 e. The Bertz CT molecular complexity index is 586. The Balaban J connectivity index is 2.19. The summed E-state index contributed by atoms with van der Waals surface area (Å²) in [5, 5.41) is 3.12. The maximum atomic E-state index is 5.40. The highest BCUT2D eigenvalue weighted by Crippen LogP contribution is 2.20. The van der Waals surface area contributed by atoms with Gasteiger partial charge in [0, 0.05) is 19.8 Å². The van der Waals surface area contributed by atoms with Crippen molar-refractivity contribution in [1.82, 2.24) is 15.0 Å². The normalized spacial score (nSPS) is 10.1. The number of ether oxygens (including phenoxy) is 2. The van der Waals surface area contributed by atoms with Crippen LogP contribution in [0.1, 0.15) is 6.92 Å². The Kier molecular flexibility index (Phi) is 4.76. The van der Waals surface area contributed by atoms with Crippen molar-refractivity contribution in [2.75, 3.05) is 38.0 Å². The van der Waals surface area contributed by atoms with Gasteiger partial charge in [0.25, 0.3) is 0 Å². The Morgan fingerprint density at radius 2 is 1.81 bits per heavy atom. The van der Waals surface area contributed by atoms with E-state index in [9.17, 15) is 0 Å². The molecule has 1 aromatic heterocycles. The van der Waals surface area contributed by atoms with E-state index >= 15 is 0 Å². The van der Waals surface area contributed by atoms with E-state index in [0.717, 1.165) is 11.4 Å². The van der Waals surface area contributed by atoms with Crippen LogP contribution in [0.25, 0.3) is 0 Å². The number of anilines is 3. The molecule has 0 aliphatic rings. The molecule has 0 aliphatic carbocycles. The minimum absolute atomic E-state index is 0.266. The Hall–Kier alpha value is -2.57. The monoisotopic (exact) mass is 289 g/mol. The molecule has 7 nitrogen and oxygen atoms in total. The van der Waals surface area contributed by atoms with Gasteiger partial charge in [-0.15, -0.1) is 0 Å². The zero-order valence-corrected chi connectivity index (χ0v) is 12.6. The van der Waals surface area contributed by atoms with Gasteiger partial charge in [0.2, 0.25) is 11.9 Å². The first-order valence-corrected chi connectivity index (χ1v) is 6.59. The van der Waals surface area contributed by atoms with Crippen molar-refractivity contribution >= 4 is 17.6 Å². The van der Waals surface area contributed by atoms with E-state index < -0.39 is 0 Å². The molecule has 0 radical (unpaired) electrons. The number of nitrogens with one attached hydrogen (secondary N) is 1. The van der Waals surface area contributed by atoms with E-state index in [1.54, 1.807) is 4.90 Å². The standard InChI is InChI=1S/C14H19N5O2/c1-5-21-11-8-6-10(7-9-11)15-12-16-13(19(2)3)18-14(17-12)20-4/h6-9H,5H2,1-4H3,(H,15,16,17,18). The van der Waals surface area contributed by atoms with Gasteiger partial charge >= 0.3 is 6.01 Å². The number of rotatable bonds is 6. The zero-order chi connectivity index (χ0) is 15.2. The van der Waals surface area contributed by atoms with Gasteiger partial charge in [0.15, 0.2) is 0 Å². The van der Waals surface area contributed by atoms with Crippen LogP contribution in [0, 0.1) is 0 Å². The van der Waals surface area contributed by atoms with Crippen LogP contribution in [-0.2, 0) is 0 Å². The number of benzene rings is 1. The number of methoxy groups -OCH3 is 1. The lowest BCUT2D eigenvalue weighted by Gasteiger charge is -2.13. The number of nitrogens with zero attached hydrogens (tertiary/aromatic N) is 4. The van der Waals surface area contributed by atoms with E-state index in [1.165, 1.54) is 7.11 Å². The highest BCUT2D eigenvalue weighted by molar-refractivity contribution is 5.55. The number of hydrogen-bond donors (Lipinski definition) is 1. The lowest BCUT2D eigenvalue weighted by Crippen LogP contribution is -2.15. The van der Waals surface area contributed by atoms with E-state index in [-0.39, 0.29) is 6.01 Å². The van der Waals surface area contributed by atoms with Gasteiger partial charge in [-0.1, -0.05) is 0 Å². The van der Waals surface area contributed by atoms with Crippen LogP contribution in [0.4, 0.5) is 17.6 Å². The fourth-order valence-corrected chi connectivity index (χ4v) is 1.62. The molecule has 7 heteroatoms. The summed E-state index contributed by atoms with van der Waals surface area (Å²) >= 11 is 0. The number of aromatic nitrogens is 3. The molecule has 0 saturated carbocycles. The summed E-state index contributed by atoms with van der Waals surface area (Å²) in [6.45, 7) is 2.59. The summed E-state index contributed by atoms with van der Waals surface area (Å²) in [5.41, 5.74) is 0.858. The van der Waals surface area contributed by atoms with Crippen LogP contribution >= 0.6 is 0 Å². The van der Waals surface area contributed by atoms with E-state index in [2.05, 4.69) is 20.3 Å². The van der Waals surface area contributed by atoms with Crippen LogP contribution in [0.15, 0.2) is 24.3 Å². The van der Waals surface area contributed by atoms with E-state index in [1.807, 2.05) is 45.3 Å². The molecule has 0 saturated heterocycles.